The van der Waals surface area contributed by atoms with Gasteiger partial charge in [0.1, 0.15) is 0 Å². The third-order valence-corrected chi connectivity index (χ3v) is 4.62. The molecule has 1 N–H and O–H groups in total. The molecule has 0 saturated heterocycles. The third kappa shape index (κ3) is 4.75. The summed E-state index contributed by atoms with van der Waals surface area (Å²) in [6, 6.07) is 17.9. The summed E-state index contributed by atoms with van der Waals surface area (Å²) in [6.07, 6.45) is 0. The number of benzene rings is 3. The Kier molecular flexibility index (Phi) is 6.54. The second kappa shape index (κ2) is 9.47. The van der Waals surface area contributed by atoms with Crippen LogP contribution in [0.25, 0.3) is 0 Å². The highest BCUT2D eigenvalue weighted by Crippen LogP contribution is 2.25. The number of anilines is 2. The Morgan fingerprint density at radius 3 is 2.00 bits per heavy atom. The zero-order chi connectivity index (χ0) is 23.3. The Hall–Kier alpha value is -4.60. The molecule has 3 rings (SSSR count). The number of nitro groups is 2. The van der Waals surface area contributed by atoms with Gasteiger partial charge in [-0.15, -0.1) is 0 Å². The molecule has 0 fully saturated rings. The van der Waals surface area contributed by atoms with Gasteiger partial charge in [0.15, 0.2) is 0 Å². The van der Waals surface area contributed by atoms with Crippen LogP contribution >= 0.6 is 0 Å². The van der Waals surface area contributed by atoms with Crippen molar-refractivity contribution in [1.29, 1.82) is 0 Å². The zero-order valence-corrected chi connectivity index (χ0v) is 16.9. The highest BCUT2D eigenvalue weighted by atomic mass is 16.6. The van der Waals surface area contributed by atoms with E-state index in [1.54, 1.807) is 42.5 Å². The molecule has 0 radical (unpaired) electrons. The van der Waals surface area contributed by atoms with Crippen molar-refractivity contribution in [2.75, 3.05) is 16.8 Å². The fourth-order valence-electron chi connectivity index (χ4n) is 3.11. The van der Waals surface area contributed by atoms with E-state index in [4.69, 9.17) is 0 Å². The largest absolute Gasteiger partial charge is 0.321 e. The quantitative estimate of drug-likeness (QED) is 0.432. The molecule has 162 valence electrons. The summed E-state index contributed by atoms with van der Waals surface area (Å²) in [6.45, 7) is 2.19. The number of rotatable bonds is 7. The Labute approximate surface area is 182 Å². The minimum Gasteiger partial charge on any atom is -0.321 e. The van der Waals surface area contributed by atoms with Crippen LogP contribution in [0.4, 0.5) is 22.7 Å². The minimum atomic E-state index is -0.820. The maximum atomic E-state index is 13.2. The first kappa shape index (κ1) is 22.1. The summed E-state index contributed by atoms with van der Waals surface area (Å²) in [4.78, 5) is 48.0. The van der Waals surface area contributed by atoms with Gasteiger partial charge < -0.3 is 10.2 Å². The van der Waals surface area contributed by atoms with E-state index in [1.165, 1.54) is 11.0 Å². The molecular weight excluding hydrogens is 416 g/mol. The lowest BCUT2D eigenvalue weighted by Crippen LogP contribution is -2.31. The summed E-state index contributed by atoms with van der Waals surface area (Å²) < 4.78 is 0. The van der Waals surface area contributed by atoms with Gasteiger partial charge in [-0.3, -0.25) is 29.8 Å². The topological polar surface area (TPSA) is 136 Å². The number of nitrogens with one attached hydrogen (secondary N) is 1. The first-order chi connectivity index (χ1) is 15.3. The standard InChI is InChI=1S/C22H18N4O6/c1-2-24(16-8-4-3-5-9-16)22(28)19-10-6-7-11-20(19)23-21(27)15-12-17(25(29)30)14-18(13-15)26(31)32/h3-14H,2H2,1H3,(H,23,27). The maximum absolute atomic E-state index is 13.2. The molecule has 0 spiro atoms. The van der Waals surface area contributed by atoms with Gasteiger partial charge in [0.25, 0.3) is 23.2 Å². The number of non-ortho nitro benzene ring substituents is 2. The Morgan fingerprint density at radius 2 is 1.44 bits per heavy atom. The van der Waals surface area contributed by atoms with Crippen molar-refractivity contribution in [3.05, 3.63) is 104 Å². The normalized spacial score (nSPS) is 10.3. The number of carbonyl (C=O) groups is 2. The number of hydrogen-bond acceptors (Lipinski definition) is 6. The van der Waals surface area contributed by atoms with Crippen LogP contribution in [0.15, 0.2) is 72.8 Å². The SMILES string of the molecule is CCN(C(=O)c1ccccc1NC(=O)c1cc([N+](=O)[O-])cc([N+](=O)[O-])c1)c1ccccc1. The number of hydrogen-bond donors (Lipinski definition) is 1. The van der Waals surface area contributed by atoms with Crippen LogP contribution < -0.4 is 10.2 Å². The lowest BCUT2D eigenvalue weighted by Gasteiger charge is -2.22. The molecule has 10 nitrogen and oxygen atoms in total. The second-order valence-electron chi connectivity index (χ2n) is 6.64. The predicted octanol–water partition coefficient (Wildman–Crippen LogP) is 4.42. The molecule has 0 aliphatic rings. The van der Waals surface area contributed by atoms with Gasteiger partial charge in [-0.1, -0.05) is 30.3 Å². The van der Waals surface area contributed by atoms with Crippen LogP contribution in [0.2, 0.25) is 0 Å². The smallest absolute Gasteiger partial charge is 0.277 e. The van der Waals surface area contributed by atoms with Crippen LogP contribution in [0.5, 0.6) is 0 Å². The van der Waals surface area contributed by atoms with E-state index in [0.717, 1.165) is 18.2 Å². The van der Waals surface area contributed by atoms with Crippen molar-refractivity contribution in [1.82, 2.24) is 0 Å². The molecule has 10 heteroatoms. The van der Waals surface area contributed by atoms with E-state index in [2.05, 4.69) is 5.32 Å². The van der Waals surface area contributed by atoms with E-state index in [9.17, 15) is 29.8 Å². The Bertz CT molecular complexity index is 1160. The summed E-state index contributed by atoms with van der Waals surface area (Å²) in [7, 11) is 0. The van der Waals surface area contributed by atoms with E-state index in [-0.39, 0.29) is 22.7 Å². The predicted molar refractivity (Wildman–Crippen MR) is 118 cm³/mol. The molecule has 3 aromatic carbocycles. The number of nitrogens with zero attached hydrogens (tertiary/aromatic N) is 3. The summed E-state index contributed by atoms with van der Waals surface area (Å²) in [5.41, 5.74) is -0.401. The second-order valence-corrected chi connectivity index (χ2v) is 6.64. The van der Waals surface area contributed by atoms with Crippen molar-refractivity contribution >= 4 is 34.6 Å². The molecule has 3 aromatic rings. The monoisotopic (exact) mass is 434 g/mol. The van der Waals surface area contributed by atoms with Crippen molar-refractivity contribution in [3.8, 4) is 0 Å². The zero-order valence-electron chi connectivity index (χ0n) is 16.9. The van der Waals surface area contributed by atoms with Gasteiger partial charge in [0, 0.05) is 24.4 Å². The van der Waals surface area contributed by atoms with Crippen LogP contribution in [0.1, 0.15) is 27.6 Å². The summed E-state index contributed by atoms with van der Waals surface area (Å²) in [5, 5.41) is 24.7. The van der Waals surface area contributed by atoms with Crippen molar-refractivity contribution in [2.45, 2.75) is 6.92 Å². The molecule has 0 bridgehead atoms. The first-order valence-corrected chi connectivity index (χ1v) is 9.53. The molecule has 0 aromatic heterocycles. The van der Waals surface area contributed by atoms with Crippen LogP contribution in [-0.2, 0) is 0 Å². The Morgan fingerprint density at radius 1 is 0.875 bits per heavy atom. The van der Waals surface area contributed by atoms with Crippen LogP contribution in [0, 0.1) is 20.2 Å². The number of para-hydroxylation sites is 2. The fourth-order valence-corrected chi connectivity index (χ4v) is 3.11. The van der Waals surface area contributed by atoms with Crippen molar-refractivity contribution in [3.63, 3.8) is 0 Å². The molecule has 0 aliphatic carbocycles. The van der Waals surface area contributed by atoms with E-state index in [1.807, 2.05) is 13.0 Å². The van der Waals surface area contributed by atoms with E-state index < -0.39 is 27.1 Å². The van der Waals surface area contributed by atoms with Crippen LogP contribution in [0.3, 0.4) is 0 Å². The molecule has 0 heterocycles. The molecule has 0 atom stereocenters. The van der Waals surface area contributed by atoms with Gasteiger partial charge in [-0.05, 0) is 31.2 Å². The van der Waals surface area contributed by atoms with Gasteiger partial charge in [0.05, 0.1) is 32.7 Å². The fraction of sp³-hybridized carbons (Fsp3) is 0.0909. The van der Waals surface area contributed by atoms with Gasteiger partial charge in [-0.2, -0.15) is 0 Å². The first-order valence-electron chi connectivity index (χ1n) is 9.53. The van der Waals surface area contributed by atoms with Crippen molar-refractivity contribution < 1.29 is 19.4 Å². The average molecular weight is 434 g/mol. The minimum absolute atomic E-state index is 0.172. The highest BCUT2D eigenvalue weighted by molar-refractivity contribution is 6.13. The molecule has 0 aliphatic heterocycles. The number of amides is 2. The molecule has 2 amide bonds. The summed E-state index contributed by atoms with van der Waals surface area (Å²) >= 11 is 0. The third-order valence-electron chi connectivity index (χ3n) is 4.62. The van der Waals surface area contributed by atoms with Gasteiger partial charge >= 0.3 is 0 Å². The highest BCUT2D eigenvalue weighted by Gasteiger charge is 2.23. The molecule has 0 saturated carbocycles. The molecule has 0 unspecified atom stereocenters. The Balaban J connectivity index is 1.95. The van der Waals surface area contributed by atoms with Gasteiger partial charge in [0.2, 0.25) is 0 Å². The lowest BCUT2D eigenvalue weighted by molar-refractivity contribution is -0.394. The average Bonchev–Trinajstić information content (AvgIpc) is 2.80. The molecule has 32 heavy (non-hydrogen) atoms. The summed E-state index contributed by atoms with van der Waals surface area (Å²) in [5.74, 6) is -1.18. The van der Waals surface area contributed by atoms with E-state index >= 15 is 0 Å². The van der Waals surface area contributed by atoms with Crippen molar-refractivity contribution in [2.24, 2.45) is 0 Å². The molecular formula is C22H18N4O6. The van der Waals surface area contributed by atoms with E-state index in [0.29, 0.717) is 12.2 Å². The number of nitro benzene ring substituents is 2. The number of carbonyl (C=O) groups excluding carboxylic acids is 2. The lowest BCUT2D eigenvalue weighted by atomic mass is 10.1. The maximum Gasteiger partial charge on any atom is 0.277 e. The van der Waals surface area contributed by atoms with Gasteiger partial charge in [-0.25, -0.2) is 0 Å². The van der Waals surface area contributed by atoms with Crippen LogP contribution in [-0.4, -0.2) is 28.2 Å².